The fraction of sp³-hybridized carbons (Fsp3) is 0.333. The molecule has 1 aliphatic heterocycles. The smallest absolute Gasteiger partial charge is 0.305 e. The molecule has 1 aromatic carbocycles. The summed E-state index contributed by atoms with van der Waals surface area (Å²) in [5.41, 5.74) is 0.395. The third-order valence-electron chi connectivity index (χ3n) is 4.01. The number of nitrogens with one attached hydrogen (secondary N) is 2. The molecule has 0 bridgehead atoms. The van der Waals surface area contributed by atoms with Crippen LogP contribution < -0.4 is 10.6 Å². The summed E-state index contributed by atoms with van der Waals surface area (Å²) in [5, 5.41) is 16.3. The predicted octanol–water partition coefficient (Wildman–Crippen LogP) is 1.65. The molecule has 0 spiro atoms. The SMILES string of the molecule is O=[N+]([O-])c1cnc(Nc2ccc(S(=O)(=O)C3CCNCC3)cc2)nc1. The molecule has 9 nitrogen and oxygen atoms in total. The van der Waals surface area contributed by atoms with Gasteiger partial charge in [-0.3, -0.25) is 10.1 Å². The van der Waals surface area contributed by atoms with Crippen molar-refractivity contribution in [3.05, 3.63) is 46.8 Å². The van der Waals surface area contributed by atoms with Crippen molar-refractivity contribution in [2.45, 2.75) is 23.0 Å². The molecular weight excluding hydrogens is 346 g/mol. The Kier molecular flexibility index (Phi) is 4.91. The molecular formula is C15H17N5O4S. The molecule has 0 atom stereocenters. The molecule has 0 unspecified atom stereocenters. The van der Waals surface area contributed by atoms with E-state index in [4.69, 9.17) is 0 Å². The first-order valence-electron chi connectivity index (χ1n) is 7.75. The van der Waals surface area contributed by atoms with Gasteiger partial charge in [-0.15, -0.1) is 0 Å². The number of sulfone groups is 1. The van der Waals surface area contributed by atoms with Crippen molar-refractivity contribution < 1.29 is 13.3 Å². The van der Waals surface area contributed by atoms with E-state index >= 15 is 0 Å². The normalized spacial score (nSPS) is 15.7. The van der Waals surface area contributed by atoms with Gasteiger partial charge in [0.2, 0.25) is 5.95 Å². The van der Waals surface area contributed by atoms with Crippen LogP contribution in [0.3, 0.4) is 0 Å². The maximum absolute atomic E-state index is 12.6. The lowest BCUT2D eigenvalue weighted by Gasteiger charge is -2.22. The summed E-state index contributed by atoms with van der Waals surface area (Å²) in [5.74, 6) is 0.194. The Labute approximate surface area is 144 Å². The lowest BCUT2D eigenvalue weighted by molar-refractivity contribution is -0.385. The van der Waals surface area contributed by atoms with Crippen molar-refractivity contribution in [3.63, 3.8) is 0 Å². The van der Waals surface area contributed by atoms with Gasteiger partial charge in [-0.2, -0.15) is 0 Å². The van der Waals surface area contributed by atoms with Crippen molar-refractivity contribution in [1.29, 1.82) is 0 Å². The monoisotopic (exact) mass is 363 g/mol. The maximum Gasteiger partial charge on any atom is 0.305 e. The second-order valence-corrected chi connectivity index (χ2v) is 7.89. The van der Waals surface area contributed by atoms with Crippen LogP contribution in [0.1, 0.15) is 12.8 Å². The summed E-state index contributed by atoms with van der Waals surface area (Å²) in [6, 6.07) is 6.34. The average molecular weight is 363 g/mol. The van der Waals surface area contributed by atoms with Crippen molar-refractivity contribution in [3.8, 4) is 0 Å². The first-order valence-corrected chi connectivity index (χ1v) is 9.29. The van der Waals surface area contributed by atoms with Gasteiger partial charge in [-0.05, 0) is 50.2 Å². The van der Waals surface area contributed by atoms with Crippen molar-refractivity contribution in [2.75, 3.05) is 18.4 Å². The largest absolute Gasteiger partial charge is 0.324 e. The van der Waals surface area contributed by atoms with E-state index in [1.807, 2.05) is 0 Å². The van der Waals surface area contributed by atoms with Gasteiger partial charge in [0.25, 0.3) is 0 Å². The van der Waals surface area contributed by atoms with Crippen molar-refractivity contribution >= 4 is 27.2 Å². The Bertz CT molecular complexity index is 846. The van der Waals surface area contributed by atoms with Crippen LogP contribution in [0, 0.1) is 10.1 Å². The average Bonchev–Trinajstić information content (AvgIpc) is 2.63. The van der Waals surface area contributed by atoms with Crippen molar-refractivity contribution in [2.24, 2.45) is 0 Å². The van der Waals surface area contributed by atoms with Gasteiger partial charge >= 0.3 is 5.69 Å². The first-order chi connectivity index (χ1) is 12.0. The van der Waals surface area contributed by atoms with Crippen LogP contribution in [0.2, 0.25) is 0 Å². The van der Waals surface area contributed by atoms with Gasteiger partial charge in [0, 0.05) is 5.69 Å². The molecule has 2 heterocycles. The number of aromatic nitrogens is 2. The topological polar surface area (TPSA) is 127 Å². The van der Waals surface area contributed by atoms with Gasteiger partial charge < -0.3 is 10.6 Å². The number of hydrogen-bond acceptors (Lipinski definition) is 8. The number of hydrogen-bond donors (Lipinski definition) is 2. The zero-order valence-electron chi connectivity index (χ0n) is 13.3. The number of nitro groups is 1. The minimum atomic E-state index is -3.34. The molecule has 10 heteroatoms. The Balaban J connectivity index is 1.72. The molecule has 1 aliphatic rings. The highest BCUT2D eigenvalue weighted by molar-refractivity contribution is 7.92. The molecule has 25 heavy (non-hydrogen) atoms. The fourth-order valence-corrected chi connectivity index (χ4v) is 4.39. The Morgan fingerprint density at radius 1 is 1.12 bits per heavy atom. The highest BCUT2D eigenvalue weighted by atomic mass is 32.2. The molecule has 1 aromatic heterocycles. The van der Waals surface area contributed by atoms with E-state index in [-0.39, 0.29) is 21.8 Å². The van der Waals surface area contributed by atoms with E-state index in [0.717, 1.165) is 12.4 Å². The van der Waals surface area contributed by atoms with E-state index in [0.29, 0.717) is 31.6 Å². The molecule has 0 aliphatic carbocycles. The summed E-state index contributed by atoms with van der Waals surface area (Å²) < 4.78 is 25.2. The van der Waals surface area contributed by atoms with Crippen LogP contribution in [0.4, 0.5) is 17.3 Å². The third kappa shape index (κ3) is 3.91. The van der Waals surface area contributed by atoms with Crippen LogP contribution in [-0.2, 0) is 9.84 Å². The highest BCUT2D eigenvalue weighted by Crippen LogP contribution is 2.24. The van der Waals surface area contributed by atoms with Crippen molar-refractivity contribution in [1.82, 2.24) is 15.3 Å². The van der Waals surface area contributed by atoms with Crippen LogP contribution in [-0.4, -0.2) is 41.6 Å². The molecule has 2 N–H and O–H groups in total. The summed E-state index contributed by atoms with van der Waals surface area (Å²) in [4.78, 5) is 18.0. The number of piperidine rings is 1. The standard InChI is InChI=1S/C15H17N5O4S/c21-20(22)12-9-17-15(18-10-12)19-11-1-3-13(4-2-11)25(23,24)14-5-7-16-8-6-14/h1-4,9-10,14,16H,5-8H2,(H,17,18,19). The van der Waals surface area contributed by atoms with E-state index in [9.17, 15) is 18.5 Å². The molecule has 1 saturated heterocycles. The maximum atomic E-state index is 12.6. The van der Waals surface area contributed by atoms with E-state index in [1.54, 1.807) is 24.3 Å². The predicted molar refractivity (Wildman–Crippen MR) is 91.5 cm³/mol. The number of nitrogens with zero attached hydrogens (tertiary/aromatic N) is 3. The Morgan fingerprint density at radius 2 is 1.72 bits per heavy atom. The zero-order chi connectivity index (χ0) is 17.9. The fourth-order valence-electron chi connectivity index (χ4n) is 2.64. The molecule has 1 fully saturated rings. The quantitative estimate of drug-likeness (QED) is 0.606. The first kappa shape index (κ1) is 17.2. The van der Waals surface area contributed by atoms with E-state index in [2.05, 4.69) is 20.6 Å². The summed E-state index contributed by atoms with van der Waals surface area (Å²) >= 11 is 0. The molecule has 0 saturated carbocycles. The highest BCUT2D eigenvalue weighted by Gasteiger charge is 2.28. The van der Waals surface area contributed by atoms with Crippen LogP contribution in [0.15, 0.2) is 41.6 Å². The molecule has 3 rings (SSSR count). The van der Waals surface area contributed by atoms with Gasteiger partial charge in [0.1, 0.15) is 12.4 Å². The van der Waals surface area contributed by atoms with Gasteiger partial charge in [0.15, 0.2) is 9.84 Å². The minimum Gasteiger partial charge on any atom is -0.324 e. The molecule has 0 amide bonds. The van der Waals surface area contributed by atoms with Crippen LogP contribution in [0.25, 0.3) is 0 Å². The summed E-state index contributed by atoms with van der Waals surface area (Å²) in [6.45, 7) is 1.42. The number of anilines is 2. The molecule has 0 radical (unpaired) electrons. The number of rotatable bonds is 5. The minimum absolute atomic E-state index is 0.194. The second kappa shape index (κ2) is 7.11. The molecule has 132 valence electrons. The Hall–Kier alpha value is -2.59. The summed E-state index contributed by atoms with van der Waals surface area (Å²) in [7, 11) is -3.34. The van der Waals surface area contributed by atoms with Gasteiger partial charge in [-0.1, -0.05) is 0 Å². The van der Waals surface area contributed by atoms with Gasteiger partial charge in [-0.25, -0.2) is 18.4 Å². The van der Waals surface area contributed by atoms with Crippen LogP contribution in [0.5, 0.6) is 0 Å². The van der Waals surface area contributed by atoms with Crippen LogP contribution >= 0.6 is 0 Å². The molecule has 2 aromatic rings. The third-order valence-corrected chi connectivity index (χ3v) is 6.29. The van der Waals surface area contributed by atoms with E-state index in [1.165, 1.54) is 0 Å². The summed E-state index contributed by atoms with van der Waals surface area (Å²) in [6.07, 6.45) is 3.43. The zero-order valence-corrected chi connectivity index (χ0v) is 14.1. The van der Waals surface area contributed by atoms with E-state index < -0.39 is 14.8 Å². The lowest BCUT2D eigenvalue weighted by Crippen LogP contribution is -2.35. The lowest BCUT2D eigenvalue weighted by atomic mass is 10.2. The second-order valence-electron chi connectivity index (χ2n) is 5.67. The number of benzene rings is 1. The Morgan fingerprint density at radius 3 is 2.28 bits per heavy atom. The van der Waals surface area contributed by atoms with Gasteiger partial charge in [0.05, 0.1) is 15.1 Å².